The molecule has 0 heterocycles. The molecule has 0 aliphatic carbocycles. The third kappa shape index (κ3) is 21.4. The Kier molecular flexibility index (Phi) is 21.9. The highest BCUT2D eigenvalue weighted by Gasteiger charge is 1.92. The van der Waals surface area contributed by atoms with Crippen LogP contribution in [0.4, 0.5) is 0 Å². The van der Waals surface area contributed by atoms with E-state index in [1.165, 1.54) is 116 Å². The van der Waals surface area contributed by atoms with Crippen LogP contribution in [0.5, 0.6) is 0 Å². The number of nitrogens with two attached hydrogens (primary N) is 1. The summed E-state index contributed by atoms with van der Waals surface area (Å²) >= 11 is 0. The molecule has 0 saturated carbocycles. The summed E-state index contributed by atoms with van der Waals surface area (Å²) in [4.78, 5) is 0. The molecule has 0 saturated heterocycles. The maximum Gasteiger partial charge on any atom is -0.00773 e. The molecule has 0 unspecified atom stereocenters. The number of allylic oxidation sites excluding steroid dienone is 3. The Hall–Kier alpha value is -0.560. The fraction of sp³-hybridized carbons (Fsp3) is 0.826. The zero-order chi connectivity index (χ0) is 17.6. The Morgan fingerprint density at radius 3 is 1.17 bits per heavy atom. The number of hydrogen-bond donors (Lipinski definition) is 1. The average molecular weight is 336 g/mol. The molecule has 0 bridgehead atoms. The Labute approximate surface area is 153 Å². The predicted octanol–water partition coefficient (Wildman–Crippen LogP) is 7.71. The molecule has 0 aliphatic heterocycles. The maximum atomic E-state index is 5.50. The monoisotopic (exact) mass is 335 g/mol. The van der Waals surface area contributed by atoms with Gasteiger partial charge in [0.1, 0.15) is 0 Å². The van der Waals surface area contributed by atoms with Crippen molar-refractivity contribution >= 4 is 0 Å². The van der Waals surface area contributed by atoms with Crippen LogP contribution >= 0.6 is 0 Å². The van der Waals surface area contributed by atoms with Crippen LogP contribution in [-0.2, 0) is 0 Å². The van der Waals surface area contributed by atoms with Gasteiger partial charge < -0.3 is 5.73 Å². The lowest BCUT2D eigenvalue weighted by molar-refractivity contribution is 0.571. The van der Waals surface area contributed by atoms with Gasteiger partial charge in [0, 0.05) is 0 Å². The van der Waals surface area contributed by atoms with Crippen molar-refractivity contribution in [1.29, 1.82) is 0 Å². The van der Waals surface area contributed by atoms with E-state index in [1.54, 1.807) is 0 Å². The van der Waals surface area contributed by atoms with Crippen molar-refractivity contribution in [2.75, 3.05) is 6.54 Å². The van der Waals surface area contributed by atoms with Gasteiger partial charge in [-0.2, -0.15) is 0 Å². The zero-order valence-electron chi connectivity index (χ0n) is 16.5. The molecule has 1 heteroatoms. The van der Waals surface area contributed by atoms with Gasteiger partial charge in [0.25, 0.3) is 0 Å². The highest BCUT2D eigenvalue weighted by molar-refractivity contribution is 4.81. The van der Waals surface area contributed by atoms with E-state index in [2.05, 4.69) is 18.7 Å². The van der Waals surface area contributed by atoms with Crippen LogP contribution in [0.2, 0.25) is 0 Å². The fourth-order valence-electron chi connectivity index (χ4n) is 3.14. The first-order valence-electron chi connectivity index (χ1n) is 10.9. The highest BCUT2D eigenvalue weighted by atomic mass is 14.5. The van der Waals surface area contributed by atoms with Crippen LogP contribution in [0.25, 0.3) is 0 Å². The minimum absolute atomic E-state index is 0.864. The van der Waals surface area contributed by atoms with Gasteiger partial charge >= 0.3 is 0 Å². The molecule has 0 atom stereocenters. The van der Waals surface area contributed by atoms with E-state index < -0.39 is 0 Å². The molecule has 0 fully saturated rings. The van der Waals surface area contributed by atoms with Crippen molar-refractivity contribution in [3.05, 3.63) is 24.8 Å². The number of hydrogen-bond acceptors (Lipinski definition) is 1. The minimum atomic E-state index is 0.864. The number of rotatable bonds is 20. The van der Waals surface area contributed by atoms with Crippen LogP contribution in [0.3, 0.4) is 0 Å². The predicted molar refractivity (Wildman–Crippen MR) is 111 cm³/mol. The molecule has 0 rings (SSSR count). The van der Waals surface area contributed by atoms with E-state index >= 15 is 0 Å². The van der Waals surface area contributed by atoms with Gasteiger partial charge in [-0.25, -0.2) is 0 Å². The molecule has 24 heavy (non-hydrogen) atoms. The second-order valence-electron chi connectivity index (χ2n) is 7.22. The first kappa shape index (κ1) is 23.4. The van der Waals surface area contributed by atoms with Gasteiger partial charge in [-0.05, 0) is 51.5 Å². The standard InChI is InChI=1S/C23H45N/c1-2-3-4-5-6-7-8-9-10-11-12-13-14-15-16-17-18-19-20-21-22-23-24/h2,12-13H,1,3-11,14-24H2/b13-12-. The minimum Gasteiger partial charge on any atom is -0.330 e. The third-order valence-corrected chi connectivity index (χ3v) is 4.77. The van der Waals surface area contributed by atoms with Gasteiger partial charge in [0.05, 0.1) is 0 Å². The lowest BCUT2D eigenvalue weighted by Gasteiger charge is -2.01. The molecule has 1 nitrogen and oxygen atoms in total. The second kappa shape index (κ2) is 22.4. The molecule has 142 valence electrons. The van der Waals surface area contributed by atoms with E-state index in [4.69, 9.17) is 5.73 Å². The van der Waals surface area contributed by atoms with E-state index in [0.29, 0.717) is 0 Å². The van der Waals surface area contributed by atoms with Crippen LogP contribution in [0.1, 0.15) is 116 Å². The molecule has 0 radical (unpaired) electrons. The van der Waals surface area contributed by atoms with E-state index in [1.807, 2.05) is 6.08 Å². The van der Waals surface area contributed by atoms with E-state index in [9.17, 15) is 0 Å². The molecule has 0 spiro atoms. The Bertz CT molecular complexity index is 257. The normalized spacial score (nSPS) is 11.4. The van der Waals surface area contributed by atoms with Crippen molar-refractivity contribution in [1.82, 2.24) is 0 Å². The van der Waals surface area contributed by atoms with Crippen molar-refractivity contribution < 1.29 is 0 Å². The smallest absolute Gasteiger partial charge is 0.00773 e. The first-order valence-corrected chi connectivity index (χ1v) is 10.9. The first-order chi connectivity index (χ1) is 11.9. The van der Waals surface area contributed by atoms with Gasteiger partial charge in [-0.1, -0.05) is 88.9 Å². The molecular weight excluding hydrogens is 290 g/mol. The Morgan fingerprint density at radius 2 is 0.792 bits per heavy atom. The lowest BCUT2D eigenvalue weighted by atomic mass is 10.1. The van der Waals surface area contributed by atoms with Crippen LogP contribution in [-0.4, -0.2) is 6.54 Å². The number of unbranched alkanes of at least 4 members (excludes halogenated alkanes) is 16. The van der Waals surface area contributed by atoms with Crippen molar-refractivity contribution in [3.63, 3.8) is 0 Å². The zero-order valence-corrected chi connectivity index (χ0v) is 16.5. The van der Waals surface area contributed by atoms with Crippen LogP contribution < -0.4 is 5.73 Å². The van der Waals surface area contributed by atoms with Crippen molar-refractivity contribution in [2.24, 2.45) is 5.73 Å². The fourth-order valence-corrected chi connectivity index (χ4v) is 3.14. The highest BCUT2D eigenvalue weighted by Crippen LogP contribution is 2.11. The summed E-state index contributed by atoms with van der Waals surface area (Å²) in [5.41, 5.74) is 5.50. The maximum absolute atomic E-state index is 5.50. The molecule has 0 aromatic heterocycles. The average Bonchev–Trinajstić information content (AvgIpc) is 2.60. The molecule has 0 aliphatic rings. The van der Waals surface area contributed by atoms with Crippen molar-refractivity contribution in [2.45, 2.75) is 116 Å². The summed E-state index contributed by atoms with van der Waals surface area (Å²) in [6.07, 6.45) is 31.4. The molecule has 0 aromatic carbocycles. The lowest BCUT2D eigenvalue weighted by Crippen LogP contribution is -1.97. The van der Waals surface area contributed by atoms with Gasteiger partial charge in [0.15, 0.2) is 0 Å². The summed E-state index contributed by atoms with van der Waals surface area (Å²) in [6, 6.07) is 0. The molecular formula is C23H45N. The Balaban J connectivity index is 3.05. The quantitative estimate of drug-likeness (QED) is 0.179. The molecule has 0 amide bonds. The van der Waals surface area contributed by atoms with Gasteiger partial charge in [-0.15, -0.1) is 6.58 Å². The van der Waals surface area contributed by atoms with Gasteiger partial charge in [0.2, 0.25) is 0 Å². The SMILES string of the molecule is C=CCCCCCCCCC/C=C\CCCCCCCCCCN. The third-order valence-electron chi connectivity index (χ3n) is 4.77. The van der Waals surface area contributed by atoms with E-state index in [0.717, 1.165) is 6.54 Å². The summed E-state index contributed by atoms with van der Waals surface area (Å²) in [7, 11) is 0. The Morgan fingerprint density at radius 1 is 0.458 bits per heavy atom. The van der Waals surface area contributed by atoms with E-state index in [-0.39, 0.29) is 0 Å². The van der Waals surface area contributed by atoms with Crippen LogP contribution in [0.15, 0.2) is 24.8 Å². The van der Waals surface area contributed by atoms with Crippen LogP contribution in [0, 0.1) is 0 Å². The summed E-state index contributed by atoms with van der Waals surface area (Å²) in [6.45, 7) is 4.63. The largest absolute Gasteiger partial charge is 0.330 e. The summed E-state index contributed by atoms with van der Waals surface area (Å²) in [5.74, 6) is 0. The topological polar surface area (TPSA) is 26.0 Å². The molecule has 0 aromatic rings. The second-order valence-corrected chi connectivity index (χ2v) is 7.22. The summed E-state index contributed by atoms with van der Waals surface area (Å²) < 4.78 is 0. The summed E-state index contributed by atoms with van der Waals surface area (Å²) in [5, 5.41) is 0. The van der Waals surface area contributed by atoms with Crippen molar-refractivity contribution in [3.8, 4) is 0 Å². The molecule has 2 N–H and O–H groups in total. The van der Waals surface area contributed by atoms with Gasteiger partial charge in [-0.3, -0.25) is 0 Å².